The number of aromatic amines is 1. The third kappa shape index (κ3) is 4.89. The molecule has 4 saturated heterocycles. The minimum atomic E-state index is -4.30. The number of aromatic nitrogens is 8. The topological polar surface area (TPSA) is 278 Å². The van der Waals surface area contributed by atoms with Gasteiger partial charge in [0.05, 0.1) is 32.5 Å². The van der Waals surface area contributed by atoms with Gasteiger partial charge in [0.2, 0.25) is 5.95 Å². The van der Waals surface area contributed by atoms with Crippen LogP contribution in [-0.4, -0.2) is 100 Å². The number of hydrogen-bond donors (Lipinski definition) is 6. The summed E-state index contributed by atoms with van der Waals surface area (Å²) in [4.78, 5) is 35.2. The first kappa shape index (κ1) is 30.7. The number of imidazole rings is 2. The van der Waals surface area contributed by atoms with E-state index in [2.05, 4.69) is 54.4 Å². The van der Waals surface area contributed by atoms with Crippen molar-refractivity contribution in [1.82, 2.24) is 39.0 Å². The molecular formula is C21H24N10O11P2S2. The highest BCUT2D eigenvalue weighted by atomic mass is 32.7. The van der Waals surface area contributed by atoms with E-state index in [9.17, 15) is 19.0 Å². The largest absolute Gasteiger partial charge is 0.386 e. The summed E-state index contributed by atoms with van der Waals surface area (Å²) < 4.78 is 71.3. The zero-order valence-corrected chi connectivity index (χ0v) is 26.6. The van der Waals surface area contributed by atoms with Crippen molar-refractivity contribution >= 4 is 72.2 Å². The van der Waals surface area contributed by atoms with E-state index < -0.39 is 80.9 Å². The Bertz CT molecular complexity index is 2030. The minimum Gasteiger partial charge on any atom is -0.386 e. The van der Waals surface area contributed by atoms with Crippen molar-refractivity contribution in [2.45, 2.75) is 48.6 Å². The molecule has 21 nitrogen and oxygen atoms in total. The third-order valence-electron chi connectivity index (χ3n) is 8.04. The summed E-state index contributed by atoms with van der Waals surface area (Å²) >= 11 is 8.33. The molecule has 8 heterocycles. The predicted molar refractivity (Wildman–Crippen MR) is 160 cm³/mol. The van der Waals surface area contributed by atoms with Crippen molar-refractivity contribution in [3.63, 3.8) is 0 Å². The first-order valence-electron chi connectivity index (χ1n) is 13.4. The number of nitrogens with one attached hydrogen (secondary N) is 1. The van der Waals surface area contributed by atoms with Gasteiger partial charge in [0.15, 0.2) is 35.1 Å². The molecule has 10 atom stereocenters. The Morgan fingerprint density at radius 2 is 1.70 bits per heavy atom. The van der Waals surface area contributed by atoms with Crippen LogP contribution in [0.15, 0.2) is 23.8 Å². The minimum absolute atomic E-state index is 0.0197. The molecule has 4 aromatic rings. The predicted octanol–water partition coefficient (Wildman–Crippen LogP) is -0.0584. The smallest absolute Gasteiger partial charge is 0.386 e. The number of nitrogens with two attached hydrogens (primary N) is 2. The molecule has 246 valence electrons. The lowest BCUT2D eigenvalue weighted by atomic mass is 10.0. The molecule has 25 heteroatoms. The van der Waals surface area contributed by atoms with E-state index >= 15 is 0 Å². The number of nitrogens with zero attached hydrogens (tertiary/aromatic N) is 7. The Kier molecular flexibility index (Phi) is 7.11. The van der Waals surface area contributed by atoms with Gasteiger partial charge in [-0.05, 0) is 0 Å². The number of aliphatic hydroxyl groups excluding tert-OH is 1. The lowest BCUT2D eigenvalue weighted by molar-refractivity contribution is -0.183. The fourth-order valence-electron chi connectivity index (χ4n) is 5.99. The highest BCUT2D eigenvalue weighted by Gasteiger charge is 2.66. The van der Waals surface area contributed by atoms with Crippen LogP contribution in [0.4, 0.5) is 11.8 Å². The van der Waals surface area contributed by atoms with Gasteiger partial charge < -0.3 is 30.8 Å². The molecule has 6 N–H and O–H groups in total. The van der Waals surface area contributed by atoms with E-state index in [0.717, 1.165) is 0 Å². The maximum atomic E-state index is 13.6. The van der Waals surface area contributed by atoms with E-state index in [0.29, 0.717) is 0 Å². The highest BCUT2D eigenvalue weighted by Crippen LogP contribution is 2.63. The summed E-state index contributed by atoms with van der Waals surface area (Å²) in [6.07, 6.45) is -4.64. The third-order valence-corrected chi connectivity index (χ3v) is 11.2. The summed E-state index contributed by atoms with van der Waals surface area (Å²) in [5.41, 5.74) is 10.1. The average molecular weight is 719 g/mol. The molecule has 8 rings (SSSR count). The summed E-state index contributed by atoms with van der Waals surface area (Å²) in [7, 11) is 0. The normalized spacial score (nSPS) is 39.7. The summed E-state index contributed by atoms with van der Waals surface area (Å²) in [6, 6.07) is 0. The van der Waals surface area contributed by atoms with E-state index in [1.807, 2.05) is 0 Å². The molecule has 4 aliphatic rings. The fraction of sp³-hybridized carbons (Fsp3) is 0.524. The molecule has 46 heavy (non-hydrogen) atoms. The van der Waals surface area contributed by atoms with Crippen LogP contribution >= 0.6 is 38.1 Å². The molecule has 4 aliphatic heterocycles. The van der Waals surface area contributed by atoms with Gasteiger partial charge in [-0.2, -0.15) is 4.98 Å². The van der Waals surface area contributed by atoms with Crippen LogP contribution in [0.2, 0.25) is 0 Å². The number of anilines is 2. The van der Waals surface area contributed by atoms with Crippen molar-refractivity contribution in [3.05, 3.63) is 29.3 Å². The zero-order valence-electron chi connectivity index (χ0n) is 23.0. The molecule has 0 radical (unpaired) electrons. The number of fused-ring (bicyclic) bond motifs is 3. The molecule has 4 fully saturated rings. The quantitative estimate of drug-likeness (QED) is 0.117. The Morgan fingerprint density at radius 1 is 0.957 bits per heavy atom. The van der Waals surface area contributed by atoms with Crippen LogP contribution in [0.1, 0.15) is 12.5 Å². The van der Waals surface area contributed by atoms with E-state index in [-0.39, 0.29) is 40.7 Å². The molecule has 0 saturated carbocycles. The van der Waals surface area contributed by atoms with Gasteiger partial charge in [0.25, 0.3) is 5.56 Å². The number of thiol groups is 2. The van der Waals surface area contributed by atoms with E-state index in [1.54, 1.807) is 0 Å². The molecule has 2 bridgehead atoms. The Morgan fingerprint density at radius 3 is 2.50 bits per heavy atom. The molecule has 0 aromatic carbocycles. The average Bonchev–Trinajstić information content (AvgIpc) is 3.80. The zero-order chi connectivity index (χ0) is 32.2. The first-order chi connectivity index (χ1) is 21.8. The van der Waals surface area contributed by atoms with Gasteiger partial charge in [-0.15, -0.1) is 0 Å². The van der Waals surface area contributed by atoms with Gasteiger partial charge >= 0.3 is 13.6 Å². The van der Waals surface area contributed by atoms with Crippen molar-refractivity contribution in [1.29, 1.82) is 0 Å². The van der Waals surface area contributed by atoms with Crippen LogP contribution < -0.4 is 17.0 Å². The molecular weight excluding hydrogens is 694 g/mol. The molecule has 4 aromatic heterocycles. The van der Waals surface area contributed by atoms with Crippen molar-refractivity contribution in [2.75, 3.05) is 31.3 Å². The van der Waals surface area contributed by atoms with Gasteiger partial charge in [-0.25, -0.2) is 29.1 Å². The number of aliphatic hydroxyl groups is 1. The van der Waals surface area contributed by atoms with Gasteiger partial charge in [-0.1, -0.05) is 24.5 Å². The van der Waals surface area contributed by atoms with Crippen LogP contribution in [0.25, 0.3) is 22.3 Å². The van der Waals surface area contributed by atoms with E-state index in [1.165, 1.54) is 28.1 Å². The summed E-state index contributed by atoms with van der Waals surface area (Å²) in [5.74, 6) is -0.0588. The lowest BCUT2D eigenvalue weighted by Crippen LogP contribution is -2.46. The van der Waals surface area contributed by atoms with Gasteiger partial charge in [0.1, 0.15) is 48.0 Å². The maximum Gasteiger partial charge on any atom is 0.386 e. The number of H-pyrrole nitrogens is 1. The number of nitrogen functional groups attached to an aromatic ring is 2. The SMILES string of the molecule is Nc1nc2c(ncn2[C@@H]2O[C@@]34CO[C@@H]2[C@@H]3O[P@@](=O)(S)OC[C@H]2O[C@@H](n3cnc5c(N)ncnc53)[C@H](O)[C@@H]2O[P@](=O)(S)OC4)c(=O)[nH]1. The number of hydrogen-bond acceptors (Lipinski definition) is 18. The van der Waals surface area contributed by atoms with Crippen molar-refractivity contribution in [3.8, 4) is 0 Å². The van der Waals surface area contributed by atoms with Crippen LogP contribution in [0.3, 0.4) is 0 Å². The van der Waals surface area contributed by atoms with Gasteiger partial charge in [-0.3, -0.25) is 37.0 Å². The Labute approximate surface area is 266 Å². The maximum absolute atomic E-state index is 13.6. The second-order valence-electron chi connectivity index (χ2n) is 10.9. The van der Waals surface area contributed by atoms with Crippen LogP contribution in [0.5, 0.6) is 0 Å². The standard InChI is InChI=1S/C21H24N10O11P2S2/c22-14-8-15(25-4-24-14)30(5-26-8)18-10(32)11-7(39-18)1-37-43(34,45)42-13-12-19(31-6-27-9-16(31)28-20(23)29-17(9)33)40-21(13,2-36-12)3-38-44(35,46)41-11/h4-7,10-13,18-19,32H,1-3H2,(H,34,45)(H,35,46)(H2,22,24,25)(H3,23,28,29,33)/t7-,10-,11-,12-,13+,18-,19-,21-,43+,44-/m1/s1. The number of ether oxygens (including phenoxy) is 3. The fourth-order valence-corrected chi connectivity index (χ4v) is 9.00. The van der Waals surface area contributed by atoms with Crippen molar-refractivity contribution < 1.29 is 46.5 Å². The summed E-state index contributed by atoms with van der Waals surface area (Å²) in [5, 5.41) is 11.3. The van der Waals surface area contributed by atoms with Gasteiger partial charge in [0, 0.05) is 0 Å². The molecule has 0 amide bonds. The molecule has 0 aliphatic carbocycles. The van der Waals surface area contributed by atoms with Crippen LogP contribution in [0, 0.1) is 0 Å². The monoisotopic (exact) mass is 718 g/mol. The highest BCUT2D eigenvalue weighted by molar-refractivity contribution is 8.44. The summed E-state index contributed by atoms with van der Waals surface area (Å²) in [6.45, 7) is -9.73. The second kappa shape index (κ2) is 10.7. The van der Waals surface area contributed by atoms with Crippen LogP contribution in [-0.2, 0) is 41.4 Å². The molecule has 0 unspecified atom stereocenters. The molecule has 0 spiro atoms. The van der Waals surface area contributed by atoms with Crippen molar-refractivity contribution in [2.24, 2.45) is 0 Å². The first-order valence-corrected chi connectivity index (χ1v) is 18.8. The van der Waals surface area contributed by atoms with E-state index in [4.69, 9.17) is 43.8 Å². The second-order valence-corrected chi connectivity index (χ2v) is 16.6. The Balaban J connectivity index is 1.11. The number of rotatable bonds is 2. The lowest BCUT2D eigenvalue weighted by Gasteiger charge is -2.33. The Hall–Kier alpha value is -2.66.